The lowest BCUT2D eigenvalue weighted by Gasteiger charge is -2.27. The summed E-state index contributed by atoms with van der Waals surface area (Å²) in [6.45, 7) is 2.54. The van der Waals surface area contributed by atoms with Crippen LogP contribution < -0.4 is 5.73 Å². The summed E-state index contributed by atoms with van der Waals surface area (Å²) in [7, 11) is 0. The second kappa shape index (κ2) is 8.05. The lowest BCUT2D eigenvalue weighted by Crippen LogP contribution is -2.30. The lowest BCUT2D eigenvalue weighted by molar-refractivity contribution is 0.224. The fourth-order valence-electron chi connectivity index (χ4n) is 3.73. The van der Waals surface area contributed by atoms with Crippen molar-refractivity contribution in [1.82, 2.24) is 14.9 Å². The van der Waals surface area contributed by atoms with Crippen molar-refractivity contribution in [1.29, 1.82) is 0 Å². The molecule has 2 aromatic carbocycles. The van der Waals surface area contributed by atoms with E-state index in [9.17, 15) is 0 Å². The quantitative estimate of drug-likeness (QED) is 0.418. The molecule has 0 saturated heterocycles. The molecule has 4 aromatic rings. The number of fused-ring (bicyclic) bond motifs is 1. The number of nitrogens with two attached hydrogens (primary N) is 1. The molecule has 2 aromatic heterocycles. The van der Waals surface area contributed by atoms with Crippen LogP contribution in [0.4, 0.5) is 5.69 Å². The Hall–Kier alpha value is -2.96. The third-order valence-electron chi connectivity index (χ3n) is 5.35. The van der Waals surface area contributed by atoms with Crippen LogP contribution in [0.25, 0.3) is 22.7 Å². The molecule has 6 heteroatoms. The fourth-order valence-corrected chi connectivity index (χ4v) is 4.00. The van der Waals surface area contributed by atoms with E-state index in [0.717, 1.165) is 70.4 Å². The predicted octanol–water partition coefficient (Wildman–Crippen LogP) is 5.31. The summed E-state index contributed by atoms with van der Waals surface area (Å²) in [5, 5.41) is 0. The summed E-state index contributed by atoms with van der Waals surface area (Å²) in [6.07, 6.45) is 2.86. The van der Waals surface area contributed by atoms with Crippen LogP contribution >= 0.6 is 15.9 Å². The van der Waals surface area contributed by atoms with Gasteiger partial charge < -0.3 is 10.2 Å². The van der Waals surface area contributed by atoms with E-state index in [1.807, 2.05) is 48.7 Å². The number of hydrogen-bond donors (Lipinski definition) is 1. The molecule has 0 saturated carbocycles. The third-order valence-corrected chi connectivity index (χ3v) is 5.88. The summed E-state index contributed by atoms with van der Waals surface area (Å²) in [6, 6.07) is 20.0. The Morgan fingerprint density at radius 3 is 2.53 bits per heavy atom. The highest BCUT2D eigenvalue weighted by molar-refractivity contribution is 9.10. The number of aromatic nitrogens is 2. The Balaban J connectivity index is 1.28. The van der Waals surface area contributed by atoms with E-state index in [0.29, 0.717) is 0 Å². The van der Waals surface area contributed by atoms with Gasteiger partial charge in [-0.05, 0) is 48.5 Å². The monoisotopic (exact) mass is 460 g/mol. The van der Waals surface area contributed by atoms with Crippen LogP contribution in [-0.4, -0.2) is 21.4 Å². The number of nitrogens with zero attached hydrogens (tertiary/aromatic N) is 3. The number of hydrogen-bond acceptors (Lipinski definition) is 5. The largest absolute Gasteiger partial charge is 0.460 e. The number of benzene rings is 2. The summed E-state index contributed by atoms with van der Waals surface area (Å²) >= 11 is 3.47. The Labute approximate surface area is 183 Å². The Morgan fingerprint density at radius 2 is 1.73 bits per heavy atom. The zero-order valence-electron chi connectivity index (χ0n) is 16.4. The van der Waals surface area contributed by atoms with Gasteiger partial charge in [-0.1, -0.05) is 28.1 Å². The minimum atomic E-state index is 0.744. The summed E-state index contributed by atoms with van der Waals surface area (Å²) in [5.74, 6) is 2.62. The fraction of sp³-hybridized carbons (Fsp3) is 0.167. The van der Waals surface area contributed by atoms with E-state index in [-0.39, 0.29) is 0 Å². The molecule has 0 aliphatic carbocycles. The molecule has 0 atom stereocenters. The van der Waals surface area contributed by atoms with Crippen LogP contribution in [0.3, 0.4) is 0 Å². The van der Waals surface area contributed by atoms with Crippen LogP contribution in [0.2, 0.25) is 0 Å². The molecular weight excluding hydrogens is 440 g/mol. The van der Waals surface area contributed by atoms with Gasteiger partial charge in [-0.25, -0.2) is 9.97 Å². The van der Waals surface area contributed by atoms with Gasteiger partial charge in [-0.2, -0.15) is 0 Å². The van der Waals surface area contributed by atoms with Crippen molar-refractivity contribution in [2.45, 2.75) is 19.5 Å². The highest BCUT2D eigenvalue weighted by atomic mass is 79.9. The van der Waals surface area contributed by atoms with Gasteiger partial charge in [0.2, 0.25) is 0 Å². The van der Waals surface area contributed by atoms with E-state index >= 15 is 0 Å². The SMILES string of the molecule is Nc1ccc(-c2ncc3c(n2)CCN(Cc2ccc(-c4ccc(Br)cc4)o2)C3)cc1. The van der Waals surface area contributed by atoms with E-state index in [1.165, 1.54) is 5.56 Å². The Kier molecular flexibility index (Phi) is 5.11. The summed E-state index contributed by atoms with van der Waals surface area (Å²) < 4.78 is 7.15. The van der Waals surface area contributed by atoms with Crippen molar-refractivity contribution in [2.24, 2.45) is 0 Å². The van der Waals surface area contributed by atoms with Crippen molar-refractivity contribution < 1.29 is 4.42 Å². The van der Waals surface area contributed by atoms with Crippen LogP contribution in [-0.2, 0) is 19.5 Å². The van der Waals surface area contributed by atoms with Crippen LogP contribution in [0.5, 0.6) is 0 Å². The minimum Gasteiger partial charge on any atom is -0.460 e. The smallest absolute Gasteiger partial charge is 0.159 e. The molecule has 5 nitrogen and oxygen atoms in total. The van der Waals surface area contributed by atoms with Gasteiger partial charge >= 0.3 is 0 Å². The molecule has 5 rings (SSSR count). The third kappa shape index (κ3) is 4.01. The molecule has 0 amide bonds. The summed E-state index contributed by atoms with van der Waals surface area (Å²) in [4.78, 5) is 11.8. The van der Waals surface area contributed by atoms with Crippen LogP contribution in [0, 0.1) is 0 Å². The molecule has 3 heterocycles. The van der Waals surface area contributed by atoms with Crippen molar-refractivity contribution in [2.75, 3.05) is 12.3 Å². The molecule has 2 N–H and O–H groups in total. The average Bonchev–Trinajstić information content (AvgIpc) is 3.23. The van der Waals surface area contributed by atoms with E-state index in [4.69, 9.17) is 15.1 Å². The lowest BCUT2D eigenvalue weighted by atomic mass is 10.1. The molecule has 0 bridgehead atoms. The number of nitrogen functional groups attached to an aromatic ring is 1. The Bertz CT molecular complexity index is 1170. The van der Waals surface area contributed by atoms with Gasteiger partial charge in [-0.3, -0.25) is 4.90 Å². The van der Waals surface area contributed by atoms with Gasteiger partial charge in [-0.15, -0.1) is 0 Å². The second-order valence-electron chi connectivity index (χ2n) is 7.52. The second-order valence-corrected chi connectivity index (χ2v) is 8.44. The first-order valence-corrected chi connectivity index (χ1v) is 10.7. The van der Waals surface area contributed by atoms with Crippen molar-refractivity contribution >= 4 is 21.6 Å². The van der Waals surface area contributed by atoms with Gasteiger partial charge in [0.05, 0.1) is 12.2 Å². The van der Waals surface area contributed by atoms with E-state index < -0.39 is 0 Å². The molecule has 150 valence electrons. The first-order chi connectivity index (χ1) is 14.6. The normalized spacial score (nSPS) is 13.9. The highest BCUT2D eigenvalue weighted by Gasteiger charge is 2.20. The average molecular weight is 461 g/mol. The number of furan rings is 1. The first-order valence-electron chi connectivity index (χ1n) is 9.92. The molecule has 0 fully saturated rings. The van der Waals surface area contributed by atoms with E-state index in [1.54, 1.807) is 0 Å². The van der Waals surface area contributed by atoms with Crippen LogP contribution in [0.15, 0.2) is 75.8 Å². The van der Waals surface area contributed by atoms with Gasteiger partial charge in [0, 0.05) is 52.6 Å². The molecule has 30 heavy (non-hydrogen) atoms. The van der Waals surface area contributed by atoms with Gasteiger partial charge in [0.1, 0.15) is 11.5 Å². The van der Waals surface area contributed by atoms with Gasteiger partial charge in [0.15, 0.2) is 5.82 Å². The van der Waals surface area contributed by atoms with Crippen molar-refractivity contribution in [3.05, 3.63) is 88.4 Å². The standard InChI is InChI=1S/C24H21BrN4O/c25-19-5-1-16(2-6-19)23-10-9-21(30-23)15-29-12-11-22-18(14-29)13-27-24(28-22)17-3-7-20(26)8-4-17/h1-10,13H,11-12,14-15,26H2. The first kappa shape index (κ1) is 19.0. The van der Waals surface area contributed by atoms with Crippen molar-refractivity contribution in [3.63, 3.8) is 0 Å². The topological polar surface area (TPSA) is 68.2 Å². The van der Waals surface area contributed by atoms with Crippen molar-refractivity contribution in [3.8, 4) is 22.7 Å². The number of halogens is 1. The molecule has 0 spiro atoms. The molecule has 0 unspecified atom stereocenters. The highest BCUT2D eigenvalue weighted by Crippen LogP contribution is 2.26. The predicted molar refractivity (Wildman–Crippen MR) is 122 cm³/mol. The summed E-state index contributed by atoms with van der Waals surface area (Å²) in [5.41, 5.74) is 10.9. The molecule has 1 aliphatic rings. The maximum absolute atomic E-state index is 6.09. The minimum absolute atomic E-state index is 0.744. The molecule has 0 radical (unpaired) electrons. The molecule has 1 aliphatic heterocycles. The number of rotatable bonds is 4. The number of anilines is 1. The van der Waals surface area contributed by atoms with Gasteiger partial charge in [0.25, 0.3) is 0 Å². The zero-order valence-corrected chi connectivity index (χ0v) is 18.0. The maximum Gasteiger partial charge on any atom is 0.159 e. The van der Waals surface area contributed by atoms with E-state index in [2.05, 4.69) is 44.0 Å². The Morgan fingerprint density at radius 1 is 0.967 bits per heavy atom. The molecular formula is C24H21BrN4O. The maximum atomic E-state index is 6.09. The zero-order chi connectivity index (χ0) is 20.5. The van der Waals surface area contributed by atoms with Crippen LogP contribution in [0.1, 0.15) is 17.0 Å².